The molecule has 0 saturated heterocycles. The Bertz CT molecular complexity index is 400. The fourth-order valence-electron chi connectivity index (χ4n) is 1.81. The van der Waals surface area contributed by atoms with E-state index in [2.05, 4.69) is 37.7 Å². The second-order valence-corrected chi connectivity index (χ2v) is 6.20. The maximum absolute atomic E-state index is 12.5. The maximum Gasteiger partial charge on any atom is 0.274 e. The molecule has 0 unspecified atom stereocenters. The Balaban J connectivity index is 2.74. The van der Waals surface area contributed by atoms with Crippen LogP contribution in [-0.2, 0) is 0 Å². The third-order valence-corrected chi connectivity index (χ3v) is 3.24. The number of amides is 1. The summed E-state index contributed by atoms with van der Waals surface area (Å²) in [6.07, 6.45) is 5.26. The van der Waals surface area contributed by atoms with Crippen molar-refractivity contribution in [2.24, 2.45) is 11.8 Å². The molecule has 4 nitrogen and oxygen atoms in total. The topological polar surface area (TPSA) is 46.1 Å². The second-order valence-electron chi connectivity index (χ2n) is 6.20. The summed E-state index contributed by atoms with van der Waals surface area (Å²) in [6.45, 7) is 12.2. The first-order valence-corrected chi connectivity index (χ1v) is 7.48. The highest BCUT2D eigenvalue weighted by molar-refractivity contribution is 5.91. The summed E-state index contributed by atoms with van der Waals surface area (Å²) in [4.78, 5) is 22.8. The Morgan fingerprint density at radius 2 is 1.60 bits per heavy atom. The summed E-state index contributed by atoms with van der Waals surface area (Å²) in [5.41, 5.74) is 1.28. The lowest BCUT2D eigenvalue weighted by molar-refractivity contribution is 0.0734. The van der Waals surface area contributed by atoms with Crippen molar-refractivity contribution < 1.29 is 4.79 Å². The van der Waals surface area contributed by atoms with Crippen LogP contribution in [0.5, 0.6) is 0 Å². The molecule has 0 atom stereocenters. The Morgan fingerprint density at radius 3 is 2.00 bits per heavy atom. The lowest BCUT2D eigenvalue weighted by Crippen LogP contribution is -2.34. The Kier molecular flexibility index (Phi) is 6.62. The highest BCUT2D eigenvalue weighted by Gasteiger charge is 2.17. The summed E-state index contributed by atoms with van der Waals surface area (Å²) in [5.74, 6) is 1.18. The molecule has 1 aromatic heterocycles. The van der Waals surface area contributed by atoms with Crippen LogP contribution < -0.4 is 0 Å². The summed E-state index contributed by atoms with van der Waals surface area (Å²) in [5, 5.41) is 0. The van der Waals surface area contributed by atoms with Gasteiger partial charge in [0.25, 0.3) is 5.91 Å². The Morgan fingerprint density at radius 1 is 1.05 bits per heavy atom. The molecule has 0 bridgehead atoms. The van der Waals surface area contributed by atoms with Gasteiger partial charge >= 0.3 is 0 Å². The molecular formula is C16H27N3O. The van der Waals surface area contributed by atoms with Crippen molar-refractivity contribution in [2.45, 2.75) is 47.5 Å². The van der Waals surface area contributed by atoms with Gasteiger partial charge in [-0.1, -0.05) is 27.7 Å². The van der Waals surface area contributed by atoms with Gasteiger partial charge in [-0.15, -0.1) is 0 Å². The van der Waals surface area contributed by atoms with E-state index in [0.29, 0.717) is 17.5 Å². The molecule has 0 aliphatic carbocycles. The predicted molar refractivity (Wildman–Crippen MR) is 81.6 cm³/mol. The molecule has 0 aromatic carbocycles. The van der Waals surface area contributed by atoms with E-state index in [1.807, 2.05) is 11.8 Å². The highest BCUT2D eigenvalue weighted by atomic mass is 16.2. The smallest absolute Gasteiger partial charge is 0.274 e. The van der Waals surface area contributed by atoms with E-state index >= 15 is 0 Å². The molecule has 1 aromatic rings. The first-order valence-electron chi connectivity index (χ1n) is 7.48. The number of carbonyl (C=O) groups excluding carboxylic acids is 1. The van der Waals surface area contributed by atoms with Crippen molar-refractivity contribution in [3.63, 3.8) is 0 Å². The van der Waals surface area contributed by atoms with Gasteiger partial charge in [0.15, 0.2) is 0 Å². The Hall–Kier alpha value is -1.45. The lowest BCUT2D eigenvalue weighted by Gasteiger charge is -2.24. The predicted octanol–water partition coefficient (Wildman–Crippen LogP) is 3.32. The zero-order chi connectivity index (χ0) is 15.1. The number of hydrogen-bond donors (Lipinski definition) is 0. The maximum atomic E-state index is 12.5. The van der Waals surface area contributed by atoms with Gasteiger partial charge in [-0.2, -0.15) is 0 Å². The summed E-state index contributed by atoms with van der Waals surface area (Å²) in [7, 11) is 0. The molecule has 0 saturated carbocycles. The van der Waals surface area contributed by atoms with Crippen molar-refractivity contribution in [1.29, 1.82) is 0 Å². The van der Waals surface area contributed by atoms with Crippen molar-refractivity contribution in [2.75, 3.05) is 13.1 Å². The first-order chi connectivity index (χ1) is 9.40. The van der Waals surface area contributed by atoms with Crippen molar-refractivity contribution in [3.8, 4) is 0 Å². The van der Waals surface area contributed by atoms with Crippen LogP contribution in [0.1, 0.15) is 56.7 Å². The molecule has 4 heteroatoms. The van der Waals surface area contributed by atoms with Crippen LogP contribution in [0.2, 0.25) is 0 Å². The third-order valence-electron chi connectivity index (χ3n) is 3.24. The van der Waals surface area contributed by atoms with Crippen LogP contribution in [0.15, 0.2) is 12.4 Å². The van der Waals surface area contributed by atoms with Gasteiger partial charge in [-0.25, -0.2) is 4.98 Å². The average molecular weight is 277 g/mol. The number of nitrogens with zero attached hydrogens (tertiary/aromatic N) is 3. The molecule has 1 heterocycles. The molecular weight excluding hydrogens is 250 g/mol. The van der Waals surface area contributed by atoms with Gasteiger partial charge < -0.3 is 4.90 Å². The SMILES string of the molecule is Cc1cnc(C(=O)N(CCC(C)C)CCC(C)C)cn1. The average Bonchev–Trinajstić information content (AvgIpc) is 2.38. The molecule has 0 N–H and O–H groups in total. The van der Waals surface area contributed by atoms with Gasteiger partial charge in [0.05, 0.1) is 11.9 Å². The lowest BCUT2D eigenvalue weighted by atomic mass is 10.1. The first kappa shape index (κ1) is 16.6. The largest absolute Gasteiger partial charge is 0.337 e. The van der Waals surface area contributed by atoms with E-state index in [0.717, 1.165) is 31.6 Å². The van der Waals surface area contributed by atoms with Gasteiger partial charge in [0.2, 0.25) is 0 Å². The quantitative estimate of drug-likeness (QED) is 0.768. The monoisotopic (exact) mass is 277 g/mol. The number of hydrogen-bond acceptors (Lipinski definition) is 3. The van der Waals surface area contributed by atoms with E-state index in [9.17, 15) is 4.79 Å². The summed E-state index contributed by atoms with van der Waals surface area (Å²) >= 11 is 0. The van der Waals surface area contributed by atoms with Crippen molar-refractivity contribution in [1.82, 2.24) is 14.9 Å². The number of aryl methyl sites for hydroxylation is 1. The van der Waals surface area contributed by atoms with Gasteiger partial charge in [0.1, 0.15) is 5.69 Å². The van der Waals surface area contributed by atoms with Gasteiger partial charge in [-0.3, -0.25) is 9.78 Å². The molecule has 0 fully saturated rings. The summed E-state index contributed by atoms with van der Waals surface area (Å²) in [6, 6.07) is 0. The molecule has 1 amide bonds. The standard InChI is InChI=1S/C16H27N3O/c1-12(2)6-8-19(9-7-13(3)4)16(20)15-11-17-14(5)10-18-15/h10-13H,6-9H2,1-5H3. The molecule has 1 rings (SSSR count). The highest BCUT2D eigenvalue weighted by Crippen LogP contribution is 2.10. The van der Waals surface area contributed by atoms with E-state index in [-0.39, 0.29) is 5.91 Å². The van der Waals surface area contributed by atoms with Crippen LogP contribution in [0.3, 0.4) is 0 Å². The van der Waals surface area contributed by atoms with Crippen LogP contribution in [0.4, 0.5) is 0 Å². The number of carbonyl (C=O) groups is 1. The van der Waals surface area contributed by atoms with E-state index < -0.39 is 0 Å². The normalized spacial score (nSPS) is 11.2. The van der Waals surface area contributed by atoms with E-state index in [1.54, 1.807) is 12.4 Å². The number of rotatable bonds is 7. The fraction of sp³-hybridized carbons (Fsp3) is 0.688. The van der Waals surface area contributed by atoms with Crippen LogP contribution >= 0.6 is 0 Å². The Labute approximate surface area is 122 Å². The van der Waals surface area contributed by atoms with Crippen LogP contribution in [-0.4, -0.2) is 33.9 Å². The minimum Gasteiger partial charge on any atom is -0.337 e. The van der Waals surface area contributed by atoms with Crippen LogP contribution in [0, 0.1) is 18.8 Å². The molecule has 0 aliphatic rings. The van der Waals surface area contributed by atoms with Crippen molar-refractivity contribution >= 4 is 5.91 Å². The fourth-order valence-corrected chi connectivity index (χ4v) is 1.81. The second kappa shape index (κ2) is 7.98. The molecule has 112 valence electrons. The van der Waals surface area contributed by atoms with Gasteiger partial charge in [-0.05, 0) is 31.6 Å². The zero-order valence-corrected chi connectivity index (χ0v) is 13.4. The van der Waals surface area contributed by atoms with Gasteiger partial charge in [0, 0.05) is 19.3 Å². The molecule has 0 radical (unpaired) electrons. The number of aromatic nitrogens is 2. The molecule has 20 heavy (non-hydrogen) atoms. The molecule has 0 aliphatic heterocycles. The van der Waals surface area contributed by atoms with Crippen LogP contribution in [0.25, 0.3) is 0 Å². The summed E-state index contributed by atoms with van der Waals surface area (Å²) < 4.78 is 0. The zero-order valence-electron chi connectivity index (χ0n) is 13.4. The van der Waals surface area contributed by atoms with Crippen molar-refractivity contribution in [3.05, 3.63) is 23.8 Å². The molecule has 0 spiro atoms. The minimum absolute atomic E-state index is 0.00111. The minimum atomic E-state index is -0.00111. The van der Waals surface area contributed by atoms with E-state index in [1.165, 1.54) is 0 Å². The van der Waals surface area contributed by atoms with E-state index in [4.69, 9.17) is 0 Å². The third kappa shape index (κ3) is 5.68.